The molecule has 2 rings (SSSR count). The second kappa shape index (κ2) is 6.66. The number of rotatable bonds is 4. The molecule has 0 aliphatic carbocycles. The molecule has 1 aliphatic rings. The van der Waals surface area contributed by atoms with Gasteiger partial charge in [-0.25, -0.2) is 0 Å². The Hall–Kier alpha value is -0.970. The molecule has 1 aliphatic heterocycles. The van der Waals surface area contributed by atoms with Gasteiger partial charge in [0.25, 0.3) is 5.91 Å². The van der Waals surface area contributed by atoms with Crippen molar-refractivity contribution in [3.05, 3.63) is 28.2 Å². The maximum atomic E-state index is 12.4. The molecule has 110 valence electrons. The molecule has 0 radical (unpaired) electrons. The molecule has 1 aromatic carbocycles. The molecule has 1 heterocycles. The smallest absolute Gasteiger partial charge is 0.263 e. The van der Waals surface area contributed by atoms with Gasteiger partial charge in [0, 0.05) is 29.2 Å². The first-order valence-electron chi connectivity index (χ1n) is 6.64. The zero-order valence-corrected chi connectivity index (χ0v) is 12.8. The number of likely N-dealkylation sites (tertiary alicyclic amines) is 1. The predicted molar refractivity (Wildman–Crippen MR) is 80.3 cm³/mol. The quantitative estimate of drug-likeness (QED) is 0.929. The van der Waals surface area contributed by atoms with Crippen LogP contribution in [-0.4, -0.2) is 36.0 Å². The molecule has 1 fully saturated rings. The first-order chi connectivity index (χ1) is 9.51. The third-order valence-corrected chi connectivity index (χ3v) is 3.87. The van der Waals surface area contributed by atoms with Gasteiger partial charge >= 0.3 is 0 Å². The van der Waals surface area contributed by atoms with Crippen molar-refractivity contribution >= 4 is 29.1 Å². The maximum Gasteiger partial charge on any atom is 0.263 e. The van der Waals surface area contributed by atoms with Crippen molar-refractivity contribution in [1.82, 2.24) is 4.90 Å². The summed E-state index contributed by atoms with van der Waals surface area (Å²) in [5.74, 6) is 0.445. The number of carbonyl (C=O) groups is 1. The van der Waals surface area contributed by atoms with E-state index < -0.39 is 6.10 Å². The number of hydrogen-bond donors (Lipinski definition) is 1. The van der Waals surface area contributed by atoms with Crippen molar-refractivity contribution in [2.75, 3.05) is 13.1 Å². The molecule has 4 nitrogen and oxygen atoms in total. The number of nitrogens with two attached hydrogens (primary N) is 1. The summed E-state index contributed by atoms with van der Waals surface area (Å²) >= 11 is 11.8. The van der Waals surface area contributed by atoms with Gasteiger partial charge in [-0.1, -0.05) is 23.2 Å². The van der Waals surface area contributed by atoms with Gasteiger partial charge in [0.05, 0.1) is 0 Å². The Labute approximate surface area is 128 Å². The molecular weight excluding hydrogens is 299 g/mol. The first-order valence-corrected chi connectivity index (χ1v) is 7.40. The molecule has 1 saturated heterocycles. The lowest BCUT2D eigenvalue weighted by Crippen LogP contribution is -2.45. The van der Waals surface area contributed by atoms with Crippen LogP contribution in [0.15, 0.2) is 18.2 Å². The van der Waals surface area contributed by atoms with Gasteiger partial charge in [-0.15, -0.1) is 0 Å². The van der Waals surface area contributed by atoms with Crippen molar-refractivity contribution in [3.63, 3.8) is 0 Å². The van der Waals surface area contributed by atoms with Crippen LogP contribution in [-0.2, 0) is 4.79 Å². The predicted octanol–water partition coefficient (Wildman–Crippen LogP) is 2.71. The molecule has 20 heavy (non-hydrogen) atoms. The summed E-state index contributed by atoms with van der Waals surface area (Å²) in [5, 5.41) is 0.960. The van der Waals surface area contributed by atoms with Crippen LogP contribution in [0.25, 0.3) is 0 Å². The lowest BCUT2D eigenvalue weighted by atomic mass is 10.2. The van der Waals surface area contributed by atoms with Gasteiger partial charge in [-0.05, 0) is 38.0 Å². The number of amides is 1. The molecule has 0 bridgehead atoms. The molecule has 6 heteroatoms. The van der Waals surface area contributed by atoms with Gasteiger partial charge in [0.15, 0.2) is 6.10 Å². The number of halogens is 2. The van der Waals surface area contributed by atoms with Crippen LogP contribution in [0.4, 0.5) is 0 Å². The summed E-state index contributed by atoms with van der Waals surface area (Å²) in [6.45, 7) is 2.95. The molecule has 2 N–H and O–H groups in total. The van der Waals surface area contributed by atoms with E-state index in [1.54, 1.807) is 30.0 Å². The van der Waals surface area contributed by atoms with Crippen molar-refractivity contribution in [2.24, 2.45) is 5.73 Å². The topological polar surface area (TPSA) is 55.6 Å². The van der Waals surface area contributed by atoms with Crippen molar-refractivity contribution in [1.29, 1.82) is 0 Å². The van der Waals surface area contributed by atoms with E-state index in [0.29, 0.717) is 22.3 Å². The minimum Gasteiger partial charge on any atom is -0.481 e. The highest BCUT2D eigenvalue weighted by Crippen LogP contribution is 2.26. The van der Waals surface area contributed by atoms with Crippen LogP contribution in [0.2, 0.25) is 10.0 Å². The first kappa shape index (κ1) is 15.4. The van der Waals surface area contributed by atoms with Crippen LogP contribution in [0.3, 0.4) is 0 Å². The highest BCUT2D eigenvalue weighted by atomic mass is 35.5. The van der Waals surface area contributed by atoms with Crippen LogP contribution < -0.4 is 10.5 Å². The molecule has 0 saturated carbocycles. The highest BCUT2D eigenvalue weighted by molar-refractivity contribution is 6.34. The monoisotopic (exact) mass is 316 g/mol. The standard InChI is InChI=1S/C14H18Cl2N2O2/c1-9(14(19)18-4-2-3-12(18)8-17)20-13-6-10(15)5-11(16)7-13/h5-7,9,12H,2-4,8,17H2,1H3. The lowest BCUT2D eigenvalue weighted by molar-refractivity contribution is -0.138. The fourth-order valence-corrected chi connectivity index (χ4v) is 2.96. The van der Waals surface area contributed by atoms with E-state index in [9.17, 15) is 4.79 Å². The van der Waals surface area contributed by atoms with Crippen molar-refractivity contribution in [3.8, 4) is 5.75 Å². The third kappa shape index (κ3) is 3.57. The summed E-state index contributed by atoms with van der Waals surface area (Å²) in [4.78, 5) is 14.2. The Morgan fingerprint density at radius 2 is 2.10 bits per heavy atom. The minimum absolute atomic E-state index is 0.0472. The fourth-order valence-electron chi connectivity index (χ4n) is 2.46. The van der Waals surface area contributed by atoms with Crippen LogP contribution in [0, 0.1) is 0 Å². The number of ether oxygens (including phenoxy) is 1. The van der Waals surface area contributed by atoms with E-state index >= 15 is 0 Å². The number of hydrogen-bond acceptors (Lipinski definition) is 3. The second-order valence-corrected chi connectivity index (χ2v) is 5.80. The summed E-state index contributed by atoms with van der Waals surface area (Å²) in [6.07, 6.45) is 1.36. The zero-order chi connectivity index (χ0) is 14.7. The second-order valence-electron chi connectivity index (χ2n) is 4.93. The Bertz CT molecular complexity index is 476. The van der Waals surface area contributed by atoms with Crippen LogP contribution >= 0.6 is 23.2 Å². The van der Waals surface area contributed by atoms with Gasteiger partial charge in [-0.3, -0.25) is 4.79 Å². The van der Waals surface area contributed by atoms with Crippen molar-refractivity contribution < 1.29 is 9.53 Å². The van der Waals surface area contributed by atoms with Crippen LogP contribution in [0.5, 0.6) is 5.75 Å². The molecule has 0 aromatic heterocycles. The van der Waals surface area contributed by atoms with E-state index in [2.05, 4.69) is 0 Å². The summed E-state index contributed by atoms with van der Waals surface area (Å²) in [5.41, 5.74) is 5.68. The molecule has 0 spiro atoms. The van der Waals surface area contributed by atoms with Gasteiger partial charge < -0.3 is 15.4 Å². The molecular formula is C14H18Cl2N2O2. The third-order valence-electron chi connectivity index (χ3n) is 3.43. The summed E-state index contributed by atoms with van der Waals surface area (Å²) in [6, 6.07) is 5.02. The van der Waals surface area contributed by atoms with Gasteiger partial charge in [-0.2, -0.15) is 0 Å². The van der Waals surface area contributed by atoms with E-state index in [1.807, 2.05) is 0 Å². The molecule has 2 unspecified atom stereocenters. The van der Waals surface area contributed by atoms with Gasteiger partial charge in [0.2, 0.25) is 0 Å². The average molecular weight is 317 g/mol. The normalized spacial score (nSPS) is 20.0. The van der Waals surface area contributed by atoms with E-state index in [4.69, 9.17) is 33.7 Å². The van der Waals surface area contributed by atoms with Gasteiger partial charge in [0.1, 0.15) is 5.75 Å². The van der Waals surface area contributed by atoms with E-state index in [1.165, 1.54) is 0 Å². The van der Waals surface area contributed by atoms with E-state index in [0.717, 1.165) is 19.4 Å². The SMILES string of the molecule is CC(Oc1cc(Cl)cc(Cl)c1)C(=O)N1CCCC1CN. The Kier molecular flexibility index (Phi) is 5.13. The highest BCUT2D eigenvalue weighted by Gasteiger charge is 2.31. The lowest BCUT2D eigenvalue weighted by Gasteiger charge is -2.26. The van der Waals surface area contributed by atoms with E-state index in [-0.39, 0.29) is 11.9 Å². The number of nitrogens with zero attached hydrogens (tertiary/aromatic N) is 1. The molecule has 1 amide bonds. The summed E-state index contributed by atoms with van der Waals surface area (Å²) in [7, 11) is 0. The Balaban J connectivity index is 2.03. The maximum absolute atomic E-state index is 12.4. The molecule has 1 aromatic rings. The van der Waals surface area contributed by atoms with Crippen molar-refractivity contribution in [2.45, 2.75) is 31.9 Å². The Morgan fingerprint density at radius 1 is 1.45 bits per heavy atom. The molecule has 2 atom stereocenters. The number of carbonyl (C=O) groups excluding carboxylic acids is 1. The average Bonchev–Trinajstić information content (AvgIpc) is 2.84. The minimum atomic E-state index is -0.586. The Morgan fingerprint density at radius 3 is 2.70 bits per heavy atom. The summed E-state index contributed by atoms with van der Waals surface area (Å²) < 4.78 is 5.64. The fraction of sp³-hybridized carbons (Fsp3) is 0.500. The zero-order valence-electron chi connectivity index (χ0n) is 11.3. The number of benzene rings is 1. The van der Waals surface area contributed by atoms with Crippen LogP contribution in [0.1, 0.15) is 19.8 Å². The largest absolute Gasteiger partial charge is 0.481 e.